The third kappa shape index (κ3) is 4.20. The van der Waals surface area contributed by atoms with Crippen molar-refractivity contribution in [2.75, 3.05) is 6.54 Å². The molecule has 0 aliphatic carbocycles. The van der Waals surface area contributed by atoms with Crippen molar-refractivity contribution in [2.24, 2.45) is 0 Å². The summed E-state index contributed by atoms with van der Waals surface area (Å²) >= 11 is 3.39. The van der Waals surface area contributed by atoms with Crippen LogP contribution in [-0.2, 0) is 10.2 Å². The van der Waals surface area contributed by atoms with E-state index in [4.69, 9.17) is 5.26 Å². The van der Waals surface area contributed by atoms with Crippen LogP contribution in [0, 0.1) is 11.3 Å². The summed E-state index contributed by atoms with van der Waals surface area (Å²) in [5.74, 6) is -0.224. The maximum absolute atomic E-state index is 11.2. The van der Waals surface area contributed by atoms with Gasteiger partial charge in [-0.15, -0.1) is 0 Å². The zero-order valence-corrected chi connectivity index (χ0v) is 11.5. The van der Waals surface area contributed by atoms with Crippen LogP contribution in [0.1, 0.15) is 25.8 Å². The Morgan fingerprint density at radius 2 is 2.00 bits per heavy atom. The number of nitriles is 1. The molecule has 0 aliphatic rings. The molecule has 17 heavy (non-hydrogen) atoms. The first-order valence-corrected chi connectivity index (χ1v) is 6.15. The number of hydrogen-bond donors (Lipinski definition) is 1. The zero-order valence-electron chi connectivity index (χ0n) is 9.96. The third-order valence-electron chi connectivity index (χ3n) is 2.59. The highest BCUT2D eigenvalue weighted by molar-refractivity contribution is 9.10. The van der Waals surface area contributed by atoms with Crippen molar-refractivity contribution in [3.63, 3.8) is 0 Å². The van der Waals surface area contributed by atoms with Crippen molar-refractivity contribution < 1.29 is 4.79 Å². The lowest BCUT2D eigenvalue weighted by Gasteiger charge is -2.25. The first-order valence-electron chi connectivity index (χ1n) is 5.35. The van der Waals surface area contributed by atoms with Gasteiger partial charge in [-0.3, -0.25) is 4.79 Å². The lowest BCUT2D eigenvalue weighted by atomic mass is 9.84. The molecule has 0 fully saturated rings. The molecule has 1 N–H and O–H groups in total. The molecule has 4 heteroatoms. The molecule has 0 atom stereocenters. The molecule has 0 heterocycles. The molecule has 0 unspecified atom stereocenters. The monoisotopic (exact) mass is 294 g/mol. The molecular weight excluding hydrogens is 280 g/mol. The van der Waals surface area contributed by atoms with Crippen LogP contribution in [0.5, 0.6) is 0 Å². The Morgan fingerprint density at radius 3 is 2.53 bits per heavy atom. The molecule has 1 rings (SSSR count). The van der Waals surface area contributed by atoms with Gasteiger partial charge < -0.3 is 5.32 Å². The van der Waals surface area contributed by atoms with E-state index in [-0.39, 0.29) is 17.7 Å². The minimum atomic E-state index is -0.224. The average Bonchev–Trinajstić information content (AvgIpc) is 2.28. The molecule has 0 aliphatic heterocycles. The summed E-state index contributed by atoms with van der Waals surface area (Å²) < 4.78 is 1.03. The zero-order chi connectivity index (χ0) is 12.9. The van der Waals surface area contributed by atoms with E-state index in [0.717, 1.165) is 10.0 Å². The minimum absolute atomic E-state index is 0.0869. The topological polar surface area (TPSA) is 52.9 Å². The summed E-state index contributed by atoms with van der Waals surface area (Å²) in [6, 6.07) is 9.85. The molecule has 0 saturated carbocycles. The number of rotatable bonds is 4. The van der Waals surface area contributed by atoms with Crippen molar-refractivity contribution in [1.29, 1.82) is 5.26 Å². The van der Waals surface area contributed by atoms with Crippen LogP contribution in [-0.4, -0.2) is 12.5 Å². The molecule has 1 aromatic carbocycles. The van der Waals surface area contributed by atoms with Gasteiger partial charge >= 0.3 is 0 Å². The number of nitrogens with zero attached hydrogens (tertiary/aromatic N) is 1. The number of amides is 1. The fourth-order valence-corrected chi connectivity index (χ4v) is 1.72. The van der Waals surface area contributed by atoms with Crippen molar-refractivity contribution in [3.05, 3.63) is 34.3 Å². The first kappa shape index (κ1) is 13.7. The van der Waals surface area contributed by atoms with Crippen LogP contribution in [0.25, 0.3) is 0 Å². The fourth-order valence-electron chi connectivity index (χ4n) is 1.46. The van der Waals surface area contributed by atoms with E-state index in [9.17, 15) is 4.79 Å². The van der Waals surface area contributed by atoms with Gasteiger partial charge in [-0.1, -0.05) is 41.9 Å². The van der Waals surface area contributed by atoms with Crippen LogP contribution < -0.4 is 5.32 Å². The predicted octanol–water partition coefficient (Wildman–Crippen LogP) is 2.76. The minimum Gasteiger partial charge on any atom is -0.354 e. The van der Waals surface area contributed by atoms with Gasteiger partial charge in [0.25, 0.3) is 0 Å². The van der Waals surface area contributed by atoms with E-state index in [0.29, 0.717) is 6.54 Å². The average molecular weight is 295 g/mol. The number of carbonyl (C=O) groups excluding carboxylic acids is 1. The van der Waals surface area contributed by atoms with Crippen LogP contribution in [0.3, 0.4) is 0 Å². The van der Waals surface area contributed by atoms with E-state index in [1.165, 1.54) is 0 Å². The number of hydrogen-bond acceptors (Lipinski definition) is 2. The molecule has 90 valence electrons. The standard InChI is InChI=1S/C13H15BrN2O/c1-13(2,9-16-12(17)7-8-15)10-3-5-11(14)6-4-10/h3-6H,7,9H2,1-2H3,(H,16,17). The second-order valence-electron chi connectivity index (χ2n) is 4.50. The first-order chi connectivity index (χ1) is 7.95. The fraction of sp³-hybridized carbons (Fsp3) is 0.385. The molecule has 1 amide bonds. The van der Waals surface area contributed by atoms with Crippen molar-refractivity contribution in [3.8, 4) is 6.07 Å². The smallest absolute Gasteiger partial charge is 0.234 e. The normalized spacial score (nSPS) is 10.7. The van der Waals surface area contributed by atoms with Gasteiger partial charge in [-0.05, 0) is 17.7 Å². The number of benzene rings is 1. The highest BCUT2D eigenvalue weighted by Crippen LogP contribution is 2.23. The largest absolute Gasteiger partial charge is 0.354 e. The summed E-state index contributed by atoms with van der Waals surface area (Å²) in [6.45, 7) is 4.64. The summed E-state index contributed by atoms with van der Waals surface area (Å²) in [6.07, 6.45) is -0.0869. The lowest BCUT2D eigenvalue weighted by Crippen LogP contribution is -2.36. The molecule has 0 radical (unpaired) electrons. The summed E-state index contributed by atoms with van der Waals surface area (Å²) in [5.41, 5.74) is 1.00. The van der Waals surface area contributed by atoms with Gasteiger partial charge in [-0.2, -0.15) is 5.26 Å². The van der Waals surface area contributed by atoms with E-state index in [1.54, 1.807) is 0 Å². The van der Waals surface area contributed by atoms with E-state index < -0.39 is 0 Å². The molecule has 1 aromatic rings. The maximum Gasteiger partial charge on any atom is 0.234 e. The van der Waals surface area contributed by atoms with Crippen molar-refractivity contribution in [2.45, 2.75) is 25.7 Å². The lowest BCUT2D eigenvalue weighted by molar-refractivity contribution is -0.120. The predicted molar refractivity (Wildman–Crippen MR) is 70.4 cm³/mol. The highest BCUT2D eigenvalue weighted by atomic mass is 79.9. The Morgan fingerprint density at radius 1 is 1.41 bits per heavy atom. The number of halogens is 1. The van der Waals surface area contributed by atoms with Gasteiger partial charge in [0.15, 0.2) is 0 Å². The van der Waals surface area contributed by atoms with Crippen molar-refractivity contribution in [1.82, 2.24) is 5.32 Å². The van der Waals surface area contributed by atoms with E-state index in [2.05, 4.69) is 35.1 Å². The molecule has 0 aromatic heterocycles. The van der Waals surface area contributed by atoms with Crippen LogP contribution >= 0.6 is 15.9 Å². The van der Waals surface area contributed by atoms with Gasteiger partial charge in [0.05, 0.1) is 6.07 Å². The second-order valence-corrected chi connectivity index (χ2v) is 5.42. The summed E-state index contributed by atoms with van der Waals surface area (Å²) in [7, 11) is 0. The summed E-state index contributed by atoms with van der Waals surface area (Å²) in [5, 5.41) is 11.2. The van der Waals surface area contributed by atoms with Crippen LogP contribution in [0.15, 0.2) is 28.7 Å². The third-order valence-corrected chi connectivity index (χ3v) is 3.12. The van der Waals surface area contributed by atoms with Gasteiger partial charge in [0, 0.05) is 16.4 Å². The maximum atomic E-state index is 11.2. The molecule has 3 nitrogen and oxygen atoms in total. The Labute approximate surface area is 110 Å². The van der Waals surface area contributed by atoms with Crippen LogP contribution in [0.2, 0.25) is 0 Å². The van der Waals surface area contributed by atoms with Crippen LogP contribution in [0.4, 0.5) is 0 Å². The van der Waals surface area contributed by atoms with Gasteiger partial charge in [-0.25, -0.2) is 0 Å². The number of nitrogens with one attached hydrogen (secondary N) is 1. The van der Waals surface area contributed by atoms with E-state index in [1.807, 2.05) is 30.3 Å². The molecule has 0 bridgehead atoms. The summed E-state index contributed by atoms with van der Waals surface area (Å²) in [4.78, 5) is 11.2. The van der Waals surface area contributed by atoms with Crippen molar-refractivity contribution >= 4 is 21.8 Å². The van der Waals surface area contributed by atoms with Gasteiger partial charge in [0.1, 0.15) is 6.42 Å². The SMILES string of the molecule is CC(C)(CNC(=O)CC#N)c1ccc(Br)cc1. The molecular formula is C13H15BrN2O. The Hall–Kier alpha value is -1.34. The van der Waals surface area contributed by atoms with E-state index >= 15 is 0 Å². The second kappa shape index (κ2) is 5.83. The quantitative estimate of drug-likeness (QED) is 0.928. The Balaban J connectivity index is 2.65. The highest BCUT2D eigenvalue weighted by Gasteiger charge is 2.21. The Bertz CT molecular complexity index is 432. The molecule has 0 spiro atoms. The molecule has 0 saturated heterocycles. The number of carbonyl (C=O) groups is 1. The Kier molecular flexibility index (Phi) is 4.71. The van der Waals surface area contributed by atoms with Gasteiger partial charge in [0.2, 0.25) is 5.91 Å².